The summed E-state index contributed by atoms with van der Waals surface area (Å²) in [5, 5.41) is 12.9. The Bertz CT molecular complexity index is 1240. The average Bonchev–Trinajstić information content (AvgIpc) is 3.23. The van der Waals surface area contributed by atoms with Crippen LogP contribution in [0.15, 0.2) is 70.8 Å². The third kappa shape index (κ3) is 4.38. The van der Waals surface area contributed by atoms with Crippen molar-refractivity contribution in [1.82, 2.24) is 15.2 Å². The third-order valence-electron chi connectivity index (χ3n) is 5.37. The summed E-state index contributed by atoms with van der Waals surface area (Å²) < 4.78 is 1.01. The number of hydrogen-bond donors (Lipinski definition) is 2. The van der Waals surface area contributed by atoms with E-state index in [1.54, 1.807) is 11.8 Å². The van der Waals surface area contributed by atoms with Gasteiger partial charge in [0.15, 0.2) is 0 Å². The minimum Gasteiger partial charge on any atom is -0.477 e. The topological polar surface area (TPSA) is 99.6 Å². The maximum atomic E-state index is 12.8. The summed E-state index contributed by atoms with van der Waals surface area (Å²) in [5.74, 6) is -0.802. The molecule has 0 saturated carbocycles. The Hall–Kier alpha value is -2.82. The zero-order valence-electron chi connectivity index (χ0n) is 17.3. The molecule has 10 heteroatoms. The summed E-state index contributed by atoms with van der Waals surface area (Å²) in [7, 11) is 0. The van der Waals surface area contributed by atoms with E-state index in [0.29, 0.717) is 22.1 Å². The van der Waals surface area contributed by atoms with Crippen LogP contribution in [0.2, 0.25) is 0 Å². The smallest absolute Gasteiger partial charge is 0.352 e. The van der Waals surface area contributed by atoms with Gasteiger partial charge in [0.05, 0.1) is 16.6 Å². The molecule has 2 aromatic carbocycles. The number of nitrogens with zero attached hydrogens (tertiary/aromatic N) is 2. The molecule has 2 amide bonds. The van der Waals surface area contributed by atoms with E-state index in [4.69, 9.17) is 0 Å². The van der Waals surface area contributed by atoms with Crippen LogP contribution in [0.4, 0.5) is 0 Å². The van der Waals surface area contributed by atoms with Gasteiger partial charge in [-0.2, -0.15) is 0 Å². The number of amides is 2. The molecule has 168 valence electrons. The number of aromatic nitrogens is 1. The molecule has 33 heavy (non-hydrogen) atoms. The Kier molecular flexibility index (Phi) is 6.13. The third-order valence-corrected chi connectivity index (χ3v) is 8.85. The lowest BCUT2D eigenvalue weighted by atomic mass is 10.0. The minimum atomic E-state index is -1.11. The van der Waals surface area contributed by atoms with Crippen LogP contribution in [0.25, 0.3) is 10.2 Å². The molecule has 1 saturated heterocycles. The molecule has 1 aromatic heterocycles. The van der Waals surface area contributed by atoms with Crippen molar-refractivity contribution in [3.05, 3.63) is 70.9 Å². The Morgan fingerprint density at radius 2 is 1.91 bits per heavy atom. The second kappa shape index (κ2) is 9.20. The molecular weight excluding hydrogens is 478 g/mol. The van der Waals surface area contributed by atoms with Crippen LogP contribution in [-0.4, -0.2) is 55.7 Å². The highest BCUT2D eigenvalue weighted by Gasteiger charge is 2.54. The number of fused-ring (bicyclic) bond motifs is 2. The second-order valence-corrected chi connectivity index (χ2v) is 10.8. The molecule has 0 spiro atoms. The van der Waals surface area contributed by atoms with Crippen molar-refractivity contribution in [2.45, 2.75) is 22.7 Å². The molecule has 5 rings (SSSR count). The van der Waals surface area contributed by atoms with Crippen molar-refractivity contribution in [2.24, 2.45) is 0 Å². The Morgan fingerprint density at radius 1 is 1.15 bits per heavy atom. The van der Waals surface area contributed by atoms with Crippen molar-refractivity contribution < 1.29 is 19.5 Å². The molecule has 1 unspecified atom stereocenters. The van der Waals surface area contributed by atoms with E-state index in [2.05, 4.69) is 10.3 Å². The highest BCUT2D eigenvalue weighted by molar-refractivity contribution is 8.01. The Balaban J connectivity index is 1.25. The van der Waals surface area contributed by atoms with Crippen LogP contribution in [0.5, 0.6) is 0 Å². The molecule has 2 aliphatic rings. The number of carbonyl (C=O) groups is 3. The van der Waals surface area contributed by atoms with Crippen LogP contribution >= 0.6 is 34.9 Å². The molecule has 3 heterocycles. The molecule has 1 fully saturated rings. The molecule has 2 N–H and O–H groups in total. The highest BCUT2D eigenvalue weighted by Crippen LogP contribution is 2.41. The summed E-state index contributed by atoms with van der Waals surface area (Å²) >= 11 is 4.48. The number of β-lactam (4-membered cyclic amide) rings is 1. The molecule has 2 atom stereocenters. The molecule has 7 nitrogen and oxygen atoms in total. The van der Waals surface area contributed by atoms with Crippen LogP contribution in [-0.2, 0) is 20.8 Å². The first-order valence-corrected chi connectivity index (χ1v) is 13.1. The predicted octanol–water partition coefficient (Wildman–Crippen LogP) is 3.37. The monoisotopic (exact) mass is 497 g/mol. The van der Waals surface area contributed by atoms with Crippen LogP contribution in [0.1, 0.15) is 5.01 Å². The maximum Gasteiger partial charge on any atom is 0.352 e. The second-order valence-electron chi connectivity index (χ2n) is 7.57. The normalized spacial score (nSPS) is 19.9. The van der Waals surface area contributed by atoms with Gasteiger partial charge in [0, 0.05) is 16.4 Å². The number of hydrogen-bond acceptors (Lipinski definition) is 7. The summed E-state index contributed by atoms with van der Waals surface area (Å²) in [6.07, 6.45) is 0.0844. The number of nitrogens with one attached hydrogen (secondary N) is 1. The quantitative estimate of drug-likeness (QED) is 0.381. The standard InChI is InChI=1S/C23H19N3O4S3/c27-17(10-18-24-15-8-4-5-9-16(15)33-18)25-19-21(28)26-20(23(29)30)13(12-32-22(19)26)11-31-14-6-2-1-3-7-14/h1-9,19,22H,10-12H2,(H,25,27)(H,29,30)/t19-,22?/m1/s1. The van der Waals surface area contributed by atoms with E-state index in [-0.39, 0.29) is 23.9 Å². The molecule has 0 aliphatic carbocycles. The zero-order chi connectivity index (χ0) is 22.9. The first kappa shape index (κ1) is 22.0. The van der Waals surface area contributed by atoms with Crippen molar-refractivity contribution in [3.8, 4) is 0 Å². The van der Waals surface area contributed by atoms with E-state index in [1.165, 1.54) is 28.0 Å². The first-order chi connectivity index (χ1) is 16.0. The molecular formula is C23H19N3O4S3. The number of carboxylic acids is 1. The lowest BCUT2D eigenvalue weighted by molar-refractivity contribution is -0.150. The number of carboxylic acid groups (broad SMARTS) is 1. The molecule has 2 aliphatic heterocycles. The lowest BCUT2D eigenvalue weighted by Crippen LogP contribution is -2.70. The van der Waals surface area contributed by atoms with E-state index in [9.17, 15) is 19.5 Å². The number of benzene rings is 2. The molecule has 3 aromatic rings. The van der Waals surface area contributed by atoms with Gasteiger partial charge >= 0.3 is 5.97 Å². The summed E-state index contributed by atoms with van der Waals surface area (Å²) in [6.45, 7) is 0. The number of carbonyl (C=O) groups excluding carboxylic acids is 2. The Morgan fingerprint density at radius 3 is 2.67 bits per heavy atom. The SMILES string of the molecule is O=C(Cc1nc2ccccc2s1)N[C@@H]1C(=O)N2C(C(=O)O)=C(CSc3ccccc3)CSC12. The van der Waals surface area contributed by atoms with E-state index < -0.39 is 17.4 Å². The fourth-order valence-corrected chi connectivity index (χ4v) is 7.21. The van der Waals surface area contributed by atoms with Gasteiger partial charge in [-0.3, -0.25) is 14.5 Å². The number of para-hydroxylation sites is 1. The van der Waals surface area contributed by atoms with Gasteiger partial charge in [0.25, 0.3) is 5.91 Å². The summed E-state index contributed by atoms with van der Waals surface area (Å²) in [5.41, 5.74) is 1.60. The van der Waals surface area contributed by atoms with Crippen molar-refractivity contribution in [1.29, 1.82) is 0 Å². The summed E-state index contributed by atoms with van der Waals surface area (Å²) in [6, 6.07) is 16.7. The van der Waals surface area contributed by atoms with Crippen LogP contribution in [0, 0.1) is 0 Å². The van der Waals surface area contributed by atoms with Gasteiger partial charge in [0.2, 0.25) is 5.91 Å². The predicted molar refractivity (Wildman–Crippen MR) is 130 cm³/mol. The number of thioether (sulfide) groups is 2. The number of rotatable bonds is 7. The minimum absolute atomic E-state index is 0.0452. The van der Waals surface area contributed by atoms with Gasteiger partial charge in [-0.05, 0) is 29.8 Å². The zero-order valence-corrected chi connectivity index (χ0v) is 19.7. The van der Waals surface area contributed by atoms with Crippen molar-refractivity contribution in [2.75, 3.05) is 11.5 Å². The van der Waals surface area contributed by atoms with Gasteiger partial charge < -0.3 is 10.4 Å². The number of aliphatic carboxylic acids is 1. The molecule has 0 bridgehead atoms. The van der Waals surface area contributed by atoms with Gasteiger partial charge in [-0.25, -0.2) is 9.78 Å². The van der Waals surface area contributed by atoms with E-state index in [1.807, 2.05) is 54.6 Å². The van der Waals surface area contributed by atoms with Gasteiger partial charge in [-0.1, -0.05) is 30.3 Å². The van der Waals surface area contributed by atoms with Crippen LogP contribution in [0.3, 0.4) is 0 Å². The highest BCUT2D eigenvalue weighted by atomic mass is 32.2. The fourth-order valence-electron chi connectivity index (χ4n) is 3.84. The van der Waals surface area contributed by atoms with Gasteiger partial charge in [-0.15, -0.1) is 34.9 Å². The van der Waals surface area contributed by atoms with Crippen LogP contribution < -0.4 is 5.32 Å². The summed E-state index contributed by atoms with van der Waals surface area (Å²) in [4.78, 5) is 44.3. The maximum absolute atomic E-state index is 12.8. The van der Waals surface area contributed by atoms with E-state index in [0.717, 1.165) is 15.1 Å². The largest absolute Gasteiger partial charge is 0.477 e. The molecule has 0 radical (unpaired) electrons. The van der Waals surface area contributed by atoms with Gasteiger partial charge in [0.1, 0.15) is 22.1 Å². The number of thiazole rings is 1. The average molecular weight is 498 g/mol. The fraction of sp³-hybridized carbons (Fsp3) is 0.217. The lowest BCUT2D eigenvalue weighted by Gasteiger charge is -2.49. The van der Waals surface area contributed by atoms with Crippen molar-refractivity contribution in [3.63, 3.8) is 0 Å². The Labute approximate surface area is 202 Å². The van der Waals surface area contributed by atoms with Crippen molar-refractivity contribution >= 4 is 62.9 Å². The first-order valence-electron chi connectivity index (χ1n) is 10.2. The van der Waals surface area contributed by atoms with E-state index >= 15 is 0 Å².